The second kappa shape index (κ2) is 9.00. The average Bonchev–Trinajstić information content (AvgIpc) is 2.20. The third-order valence-electron chi connectivity index (χ3n) is 1.83. The van der Waals surface area contributed by atoms with Crippen LogP contribution in [0.15, 0.2) is 0 Å². The highest BCUT2D eigenvalue weighted by atomic mass is 16.5. The molecule has 0 spiro atoms. The fourth-order valence-corrected chi connectivity index (χ4v) is 1.01. The Kier molecular flexibility index (Phi) is 8.64. The summed E-state index contributed by atoms with van der Waals surface area (Å²) in [5.74, 6) is -0.112. The minimum absolute atomic E-state index is 0.112. The van der Waals surface area contributed by atoms with Gasteiger partial charge in [-0.3, -0.25) is 4.79 Å². The van der Waals surface area contributed by atoms with Gasteiger partial charge >= 0.3 is 5.97 Å². The zero-order chi connectivity index (χ0) is 10.8. The van der Waals surface area contributed by atoms with Crippen molar-refractivity contribution in [3.63, 3.8) is 0 Å². The first-order valence-electron chi connectivity index (χ1n) is 5.47. The predicted octanol–water partition coefficient (Wildman–Crippen LogP) is 2.53. The molecule has 0 aliphatic heterocycles. The Morgan fingerprint density at radius 3 is 2.43 bits per heavy atom. The first-order chi connectivity index (χ1) is 6.70. The SMILES string of the molecule is CCCOC(=O)CCC(C)OCCC. The fraction of sp³-hybridized carbons (Fsp3) is 0.909. The molecule has 84 valence electrons. The van der Waals surface area contributed by atoms with E-state index >= 15 is 0 Å². The van der Waals surface area contributed by atoms with Gasteiger partial charge in [0.1, 0.15) is 0 Å². The van der Waals surface area contributed by atoms with Gasteiger partial charge in [-0.15, -0.1) is 0 Å². The predicted molar refractivity (Wildman–Crippen MR) is 56.2 cm³/mol. The van der Waals surface area contributed by atoms with Crippen LogP contribution in [-0.2, 0) is 14.3 Å². The quantitative estimate of drug-likeness (QED) is 0.567. The molecule has 3 heteroatoms. The van der Waals surface area contributed by atoms with Crippen molar-refractivity contribution in [2.45, 2.75) is 52.6 Å². The Labute approximate surface area is 86.8 Å². The van der Waals surface area contributed by atoms with E-state index in [0.717, 1.165) is 25.9 Å². The fourth-order valence-electron chi connectivity index (χ4n) is 1.01. The van der Waals surface area contributed by atoms with Gasteiger partial charge in [0, 0.05) is 13.0 Å². The van der Waals surface area contributed by atoms with Crippen LogP contribution in [0.1, 0.15) is 46.5 Å². The van der Waals surface area contributed by atoms with Crippen molar-refractivity contribution in [2.75, 3.05) is 13.2 Å². The lowest BCUT2D eigenvalue weighted by atomic mass is 10.2. The molecule has 1 atom stereocenters. The molecule has 0 saturated heterocycles. The monoisotopic (exact) mass is 202 g/mol. The van der Waals surface area contributed by atoms with Crippen LogP contribution in [0.4, 0.5) is 0 Å². The van der Waals surface area contributed by atoms with Crippen LogP contribution in [0, 0.1) is 0 Å². The van der Waals surface area contributed by atoms with Crippen molar-refractivity contribution in [1.82, 2.24) is 0 Å². The van der Waals surface area contributed by atoms with E-state index in [1.54, 1.807) is 0 Å². The molecule has 0 N–H and O–H groups in total. The molecule has 0 rings (SSSR count). The van der Waals surface area contributed by atoms with Gasteiger partial charge in [-0.25, -0.2) is 0 Å². The van der Waals surface area contributed by atoms with E-state index in [1.165, 1.54) is 0 Å². The van der Waals surface area contributed by atoms with Gasteiger partial charge in [-0.1, -0.05) is 13.8 Å². The molecule has 0 heterocycles. The van der Waals surface area contributed by atoms with Crippen LogP contribution in [0.3, 0.4) is 0 Å². The molecule has 0 aromatic heterocycles. The van der Waals surface area contributed by atoms with Crippen molar-refractivity contribution in [3.05, 3.63) is 0 Å². The van der Waals surface area contributed by atoms with Crippen LogP contribution in [0.2, 0.25) is 0 Å². The van der Waals surface area contributed by atoms with Gasteiger partial charge in [-0.2, -0.15) is 0 Å². The summed E-state index contributed by atoms with van der Waals surface area (Å²) in [7, 11) is 0. The molecule has 0 radical (unpaired) electrons. The molecule has 0 aromatic rings. The maximum atomic E-state index is 11.1. The molecule has 0 saturated carbocycles. The van der Waals surface area contributed by atoms with Gasteiger partial charge < -0.3 is 9.47 Å². The number of carbonyl (C=O) groups excluding carboxylic acids is 1. The largest absolute Gasteiger partial charge is 0.466 e. The number of hydrogen-bond acceptors (Lipinski definition) is 3. The van der Waals surface area contributed by atoms with E-state index in [4.69, 9.17) is 9.47 Å². The molecule has 0 fully saturated rings. The average molecular weight is 202 g/mol. The molecule has 0 bridgehead atoms. The maximum Gasteiger partial charge on any atom is 0.305 e. The van der Waals surface area contributed by atoms with E-state index in [2.05, 4.69) is 6.92 Å². The lowest BCUT2D eigenvalue weighted by molar-refractivity contribution is -0.144. The Balaban J connectivity index is 3.36. The van der Waals surface area contributed by atoms with Gasteiger partial charge in [0.05, 0.1) is 12.7 Å². The summed E-state index contributed by atoms with van der Waals surface area (Å²) in [4.78, 5) is 11.1. The minimum atomic E-state index is -0.112. The smallest absolute Gasteiger partial charge is 0.305 e. The van der Waals surface area contributed by atoms with Gasteiger partial charge in [0.15, 0.2) is 0 Å². The zero-order valence-electron chi connectivity index (χ0n) is 9.54. The standard InChI is InChI=1S/C11H22O3/c1-4-8-13-10(3)6-7-11(12)14-9-5-2/h10H,4-9H2,1-3H3. The molecule has 14 heavy (non-hydrogen) atoms. The van der Waals surface area contributed by atoms with Crippen LogP contribution < -0.4 is 0 Å². The number of hydrogen-bond donors (Lipinski definition) is 0. The molecular weight excluding hydrogens is 180 g/mol. The van der Waals surface area contributed by atoms with Crippen LogP contribution in [0.5, 0.6) is 0 Å². The molecule has 0 amide bonds. The van der Waals surface area contributed by atoms with E-state index in [1.807, 2.05) is 13.8 Å². The zero-order valence-corrected chi connectivity index (χ0v) is 9.54. The first kappa shape index (κ1) is 13.4. The highest BCUT2D eigenvalue weighted by Crippen LogP contribution is 2.03. The van der Waals surface area contributed by atoms with E-state index in [9.17, 15) is 4.79 Å². The highest BCUT2D eigenvalue weighted by Gasteiger charge is 2.07. The minimum Gasteiger partial charge on any atom is -0.466 e. The third-order valence-corrected chi connectivity index (χ3v) is 1.83. The van der Waals surface area contributed by atoms with E-state index < -0.39 is 0 Å². The summed E-state index contributed by atoms with van der Waals surface area (Å²) < 4.78 is 10.4. The second-order valence-corrected chi connectivity index (χ2v) is 3.44. The summed E-state index contributed by atoms with van der Waals surface area (Å²) in [6.07, 6.45) is 3.27. The lowest BCUT2D eigenvalue weighted by Crippen LogP contribution is -2.13. The molecule has 1 unspecified atom stereocenters. The molecule has 3 nitrogen and oxygen atoms in total. The van der Waals surface area contributed by atoms with Crippen LogP contribution in [-0.4, -0.2) is 25.3 Å². The summed E-state index contributed by atoms with van der Waals surface area (Å²) in [5.41, 5.74) is 0. The maximum absolute atomic E-state index is 11.1. The number of rotatable bonds is 8. The third kappa shape index (κ3) is 8.05. The van der Waals surface area contributed by atoms with Crippen molar-refractivity contribution in [2.24, 2.45) is 0 Å². The topological polar surface area (TPSA) is 35.5 Å². The number of esters is 1. The molecule has 0 aliphatic rings. The lowest BCUT2D eigenvalue weighted by Gasteiger charge is -2.11. The van der Waals surface area contributed by atoms with Crippen molar-refractivity contribution < 1.29 is 14.3 Å². The molecule has 0 aliphatic carbocycles. The summed E-state index contributed by atoms with van der Waals surface area (Å²) >= 11 is 0. The molecular formula is C11H22O3. The van der Waals surface area contributed by atoms with Crippen molar-refractivity contribution >= 4 is 5.97 Å². The van der Waals surface area contributed by atoms with Crippen LogP contribution in [0.25, 0.3) is 0 Å². The van der Waals surface area contributed by atoms with E-state index in [-0.39, 0.29) is 12.1 Å². The van der Waals surface area contributed by atoms with Gasteiger partial charge in [-0.05, 0) is 26.2 Å². The van der Waals surface area contributed by atoms with Gasteiger partial charge in [0.2, 0.25) is 0 Å². The summed E-state index contributed by atoms with van der Waals surface area (Å²) in [6.45, 7) is 7.35. The van der Waals surface area contributed by atoms with Crippen LogP contribution >= 0.6 is 0 Å². The number of carbonyl (C=O) groups is 1. The first-order valence-corrected chi connectivity index (χ1v) is 5.47. The highest BCUT2D eigenvalue weighted by molar-refractivity contribution is 5.69. The van der Waals surface area contributed by atoms with Crippen molar-refractivity contribution in [1.29, 1.82) is 0 Å². The van der Waals surface area contributed by atoms with E-state index in [0.29, 0.717) is 13.0 Å². The normalized spacial score (nSPS) is 12.5. The van der Waals surface area contributed by atoms with Gasteiger partial charge in [0.25, 0.3) is 0 Å². The Hall–Kier alpha value is -0.570. The Bertz CT molecular complexity index is 145. The Morgan fingerprint density at radius 1 is 1.21 bits per heavy atom. The number of ether oxygens (including phenoxy) is 2. The second-order valence-electron chi connectivity index (χ2n) is 3.44. The van der Waals surface area contributed by atoms with Crippen molar-refractivity contribution in [3.8, 4) is 0 Å². The Morgan fingerprint density at radius 2 is 1.86 bits per heavy atom. The molecule has 0 aromatic carbocycles. The summed E-state index contributed by atoms with van der Waals surface area (Å²) in [6, 6.07) is 0. The summed E-state index contributed by atoms with van der Waals surface area (Å²) in [5, 5.41) is 0.